The van der Waals surface area contributed by atoms with E-state index >= 15 is 0 Å². The van der Waals surface area contributed by atoms with E-state index in [9.17, 15) is 18.0 Å². The zero-order chi connectivity index (χ0) is 13.4. The van der Waals surface area contributed by atoms with Crippen molar-refractivity contribution >= 4 is 16.9 Å². The van der Waals surface area contributed by atoms with E-state index in [1.165, 1.54) is 0 Å². The molecule has 18 heavy (non-hydrogen) atoms. The maximum atomic E-state index is 12.6. The predicted molar refractivity (Wildman–Crippen MR) is 68.0 cm³/mol. The van der Waals surface area contributed by atoms with Gasteiger partial charge in [0.25, 0.3) is 5.92 Å². The second-order valence-electron chi connectivity index (χ2n) is 3.95. The molecule has 1 nitrogen and oxygen atoms in total. The van der Waals surface area contributed by atoms with E-state index in [2.05, 4.69) is 0 Å². The highest BCUT2D eigenvalue weighted by Crippen LogP contribution is 2.22. The molecule has 1 rings (SSSR count). The van der Waals surface area contributed by atoms with E-state index < -0.39 is 19.0 Å². The lowest BCUT2D eigenvalue weighted by molar-refractivity contribution is -0.0316. The van der Waals surface area contributed by atoms with Crippen LogP contribution in [-0.2, 0) is 0 Å². The quantitative estimate of drug-likeness (QED) is 0.689. The molecule has 0 atom stereocenters. The Bertz CT molecular complexity index is 368. The second-order valence-corrected chi connectivity index (χ2v) is 5.02. The van der Waals surface area contributed by atoms with Crippen LogP contribution in [0.1, 0.15) is 29.6 Å². The summed E-state index contributed by atoms with van der Waals surface area (Å²) in [6.07, 6.45) is 0.258. The molecule has 0 N–H and O–H groups in total. The summed E-state index contributed by atoms with van der Waals surface area (Å²) in [4.78, 5) is 11.6. The maximum absolute atomic E-state index is 12.6. The number of thioether (sulfide) groups is 1. The molecule has 1 aromatic rings. The van der Waals surface area contributed by atoms with Gasteiger partial charge in [-0.15, -0.1) is 0 Å². The van der Waals surface area contributed by atoms with Crippen molar-refractivity contribution in [3.63, 3.8) is 0 Å². The minimum absolute atomic E-state index is 0.0622. The first-order valence-corrected chi connectivity index (χ1v) is 6.70. The molecule has 0 heterocycles. The van der Waals surface area contributed by atoms with Crippen molar-refractivity contribution in [2.24, 2.45) is 0 Å². The smallest absolute Gasteiger partial charge is 0.275 e. The highest BCUT2D eigenvalue weighted by Gasteiger charge is 2.27. The summed E-state index contributed by atoms with van der Waals surface area (Å²) in [6.45, 7) is -1.61. The summed E-state index contributed by atoms with van der Waals surface area (Å²) in [7, 11) is 0. The van der Waals surface area contributed by atoms with Crippen molar-refractivity contribution < 1.29 is 18.0 Å². The number of benzene rings is 1. The Hall–Kier alpha value is -0.970. The van der Waals surface area contributed by atoms with Crippen LogP contribution in [0, 0.1) is 0 Å². The van der Waals surface area contributed by atoms with Crippen LogP contribution in [0.5, 0.6) is 0 Å². The lowest BCUT2D eigenvalue weighted by atomic mass is 10.2. The minimum Gasteiger partial charge on any atom is -0.282 e. The Morgan fingerprint density at radius 2 is 1.83 bits per heavy atom. The van der Waals surface area contributed by atoms with Crippen LogP contribution in [0.3, 0.4) is 0 Å². The zero-order valence-electron chi connectivity index (χ0n) is 9.87. The van der Waals surface area contributed by atoms with Crippen molar-refractivity contribution in [2.45, 2.75) is 25.2 Å². The molecule has 0 aliphatic rings. The molecule has 0 radical (unpaired) electrons. The van der Waals surface area contributed by atoms with E-state index in [0.717, 1.165) is 11.8 Å². The van der Waals surface area contributed by atoms with Crippen LogP contribution in [0.15, 0.2) is 30.3 Å². The standard InChI is InChI=1S/C13H15F3OS/c14-10-13(15,16)8-4-5-9-18-12(17)11-6-2-1-3-7-11/h1-3,6-7H,4-5,8-10H2. The topological polar surface area (TPSA) is 17.1 Å². The number of unbranched alkanes of at least 4 members (excludes halogenated alkanes) is 1. The molecule has 0 aliphatic heterocycles. The fourth-order valence-electron chi connectivity index (χ4n) is 1.37. The lowest BCUT2D eigenvalue weighted by Crippen LogP contribution is -2.18. The summed E-state index contributed by atoms with van der Waals surface area (Å²) in [5.74, 6) is -2.73. The number of carbonyl (C=O) groups excluding carboxylic acids is 1. The van der Waals surface area contributed by atoms with Crippen LogP contribution < -0.4 is 0 Å². The monoisotopic (exact) mass is 276 g/mol. The van der Waals surface area contributed by atoms with Gasteiger partial charge in [-0.2, -0.15) is 0 Å². The number of hydrogen-bond acceptors (Lipinski definition) is 2. The third-order valence-electron chi connectivity index (χ3n) is 2.38. The third-order valence-corrected chi connectivity index (χ3v) is 3.37. The fraction of sp³-hybridized carbons (Fsp3) is 0.462. The molecule has 0 bridgehead atoms. The van der Waals surface area contributed by atoms with Gasteiger partial charge in [-0.25, -0.2) is 13.2 Å². The molecule has 0 spiro atoms. The van der Waals surface area contributed by atoms with Crippen molar-refractivity contribution in [3.05, 3.63) is 35.9 Å². The van der Waals surface area contributed by atoms with Crippen molar-refractivity contribution in [3.8, 4) is 0 Å². The molecule has 0 amide bonds. The van der Waals surface area contributed by atoms with E-state index in [1.807, 2.05) is 6.07 Å². The van der Waals surface area contributed by atoms with Crippen LogP contribution in [0.2, 0.25) is 0 Å². The van der Waals surface area contributed by atoms with E-state index in [-0.39, 0.29) is 11.5 Å². The lowest BCUT2D eigenvalue weighted by Gasteiger charge is -2.10. The molecular formula is C13H15F3OS. The number of hydrogen-bond donors (Lipinski definition) is 0. The summed E-state index contributed by atoms with van der Waals surface area (Å²) >= 11 is 1.11. The van der Waals surface area contributed by atoms with Gasteiger partial charge in [-0.3, -0.25) is 4.79 Å². The van der Waals surface area contributed by atoms with Gasteiger partial charge in [-0.1, -0.05) is 42.1 Å². The average molecular weight is 276 g/mol. The van der Waals surface area contributed by atoms with Gasteiger partial charge in [0.05, 0.1) is 0 Å². The van der Waals surface area contributed by atoms with Gasteiger partial charge in [0.1, 0.15) is 0 Å². The predicted octanol–water partition coefficient (Wildman–Crippen LogP) is 4.34. The molecule has 0 saturated heterocycles. The van der Waals surface area contributed by atoms with E-state index in [0.29, 0.717) is 17.7 Å². The third kappa shape index (κ3) is 5.58. The van der Waals surface area contributed by atoms with Crippen molar-refractivity contribution in [2.75, 3.05) is 12.4 Å². The van der Waals surface area contributed by atoms with Crippen LogP contribution in [0.4, 0.5) is 13.2 Å². The number of rotatable bonds is 7. The number of alkyl halides is 3. The van der Waals surface area contributed by atoms with Gasteiger partial charge in [0, 0.05) is 17.7 Å². The largest absolute Gasteiger partial charge is 0.282 e. The molecule has 5 heteroatoms. The zero-order valence-corrected chi connectivity index (χ0v) is 10.7. The first-order valence-electron chi connectivity index (χ1n) is 5.71. The molecular weight excluding hydrogens is 261 g/mol. The minimum atomic E-state index is -3.21. The van der Waals surface area contributed by atoms with E-state index in [1.54, 1.807) is 24.3 Å². The Morgan fingerprint density at radius 3 is 2.44 bits per heavy atom. The van der Waals surface area contributed by atoms with Gasteiger partial charge in [0.2, 0.25) is 5.12 Å². The maximum Gasteiger partial charge on any atom is 0.275 e. The molecule has 0 saturated carbocycles. The fourth-order valence-corrected chi connectivity index (χ4v) is 2.21. The number of halogens is 3. The van der Waals surface area contributed by atoms with Crippen molar-refractivity contribution in [1.29, 1.82) is 0 Å². The molecule has 0 unspecified atom stereocenters. The molecule has 1 aromatic carbocycles. The Balaban J connectivity index is 2.17. The second kappa shape index (κ2) is 7.46. The van der Waals surface area contributed by atoms with Crippen molar-refractivity contribution in [1.82, 2.24) is 0 Å². The normalized spacial score (nSPS) is 11.5. The van der Waals surface area contributed by atoms with Crippen LogP contribution in [0.25, 0.3) is 0 Å². The molecule has 0 fully saturated rings. The molecule has 100 valence electrons. The molecule has 0 aliphatic carbocycles. The summed E-state index contributed by atoms with van der Waals surface area (Å²) in [6, 6.07) is 8.80. The molecule has 0 aromatic heterocycles. The van der Waals surface area contributed by atoms with Gasteiger partial charge in [-0.05, 0) is 12.8 Å². The highest BCUT2D eigenvalue weighted by molar-refractivity contribution is 8.14. The van der Waals surface area contributed by atoms with Crippen LogP contribution in [-0.4, -0.2) is 23.5 Å². The average Bonchev–Trinajstić information content (AvgIpc) is 2.39. The highest BCUT2D eigenvalue weighted by atomic mass is 32.2. The number of carbonyl (C=O) groups is 1. The Labute approximate surface area is 109 Å². The summed E-state index contributed by atoms with van der Waals surface area (Å²) in [5, 5.41) is -0.0622. The van der Waals surface area contributed by atoms with Gasteiger partial charge >= 0.3 is 0 Å². The van der Waals surface area contributed by atoms with Crippen LogP contribution >= 0.6 is 11.8 Å². The summed E-state index contributed by atoms with van der Waals surface area (Å²) < 4.78 is 36.9. The first-order chi connectivity index (χ1) is 8.55. The van der Waals surface area contributed by atoms with Gasteiger partial charge in [0.15, 0.2) is 6.67 Å². The SMILES string of the molecule is O=C(SCCCCC(F)(F)CF)c1ccccc1. The Morgan fingerprint density at radius 1 is 1.17 bits per heavy atom. The Kier molecular flexibility index (Phi) is 6.25. The van der Waals surface area contributed by atoms with Gasteiger partial charge < -0.3 is 0 Å². The van der Waals surface area contributed by atoms with E-state index in [4.69, 9.17) is 0 Å². The first kappa shape index (κ1) is 15.1. The summed E-state index contributed by atoms with van der Waals surface area (Å²) in [5.41, 5.74) is 0.608.